The van der Waals surface area contributed by atoms with Gasteiger partial charge < -0.3 is 10.1 Å². The molecule has 1 amide bonds. The molecule has 2 aromatic carbocycles. The van der Waals surface area contributed by atoms with Gasteiger partial charge in [-0.1, -0.05) is 6.07 Å². The summed E-state index contributed by atoms with van der Waals surface area (Å²) in [5, 5.41) is 12.8. The smallest absolute Gasteiger partial charge is 0.271 e. The summed E-state index contributed by atoms with van der Waals surface area (Å²) in [4.78, 5) is 21.5. The number of anilines is 1. The molecule has 1 N–H and O–H groups in total. The topological polar surface area (TPSA) is 81.5 Å². The van der Waals surface area contributed by atoms with E-state index in [9.17, 15) is 23.7 Å². The van der Waals surface area contributed by atoms with Crippen molar-refractivity contribution in [3.05, 3.63) is 64.2 Å². The lowest BCUT2D eigenvalue weighted by Crippen LogP contribution is -2.20. The van der Waals surface area contributed by atoms with Gasteiger partial charge in [0.2, 0.25) is 0 Å². The van der Waals surface area contributed by atoms with E-state index in [-0.39, 0.29) is 17.1 Å². The number of carbonyl (C=O) groups excluding carboxylic acids is 1. The van der Waals surface area contributed by atoms with Crippen LogP contribution in [-0.2, 0) is 4.79 Å². The number of rotatable bonds is 5. The molecule has 0 bridgehead atoms. The van der Waals surface area contributed by atoms with E-state index >= 15 is 0 Å². The molecular weight excluding hydrogens is 298 g/mol. The zero-order chi connectivity index (χ0) is 16.1. The second-order valence-electron chi connectivity index (χ2n) is 4.22. The zero-order valence-corrected chi connectivity index (χ0v) is 11.1. The summed E-state index contributed by atoms with van der Waals surface area (Å²) >= 11 is 0. The Morgan fingerprint density at radius 2 is 2.00 bits per heavy atom. The molecule has 0 saturated heterocycles. The van der Waals surface area contributed by atoms with Gasteiger partial charge in [-0.2, -0.15) is 0 Å². The number of ether oxygens (including phenoxy) is 1. The third-order valence-corrected chi connectivity index (χ3v) is 2.60. The normalized spacial score (nSPS) is 10.1. The summed E-state index contributed by atoms with van der Waals surface area (Å²) in [5.74, 6) is -1.94. The lowest BCUT2D eigenvalue weighted by Gasteiger charge is -2.08. The van der Waals surface area contributed by atoms with Gasteiger partial charge >= 0.3 is 0 Å². The number of carbonyl (C=O) groups is 1. The summed E-state index contributed by atoms with van der Waals surface area (Å²) in [5.41, 5.74) is -0.690. The number of non-ortho nitro benzene ring substituents is 1. The molecule has 2 aromatic rings. The van der Waals surface area contributed by atoms with Crippen LogP contribution in [0.25, 0.3) is 0 Å². The SMILES string of the molecule is O=C(COc1cccc(F)c1)Nc1cc([N+](=O)[O-])ccc1F. The number of hydrogen-bond acceptors (Lipinski definition) is 4. The average molecular weight is 308 g/mol. The van der Waals surface area contributed by atoms with Crippen molar-refractivity contribution >= 4 is 17.3 Å². The molecule has 0 aliphatic heterocycles. The highest BCUT2D eigenvalue weighted by Gasteiger charge is 2.13. The number of nitrogens with zero attached hydrogens (tertiary/aromatic N) is 1. The number of amides is 1. The Balaban J connectivity index is 2.00. The fourth-order valence-electron chi connectivity index (χ4n) is 1.61. The summed E-state index contributed by atoms with van der Waals surface area (Å²) < 4.78 is 31.4. The van der Waals surface area contributed by atoms with Crippen LogP contribution in [0.3, 0.4) is 0 Å². The highest BCUT2D eigenvalue weighted by molar-refractivity contribution is 5.92. The first-order valence-corrected chi connectivity index (χ1v) is 6.08. The van der Waals surface area contributed by atoms with Gasteiger partial charge in [0.1, 0.15) is 17.4 Å². The van der Waals surface area contributed by atoms with E-state index in [1.807, 2.05) is 0 Å². The minimum absolute atomic E-state index is 0.134. The fourth-order valence-corrected chi connectivity index (χ4v) is 1.61. The first kappa shape index (κ1) is 15.4. The lowest BCUT2D eigenvalue weighted by molar-refractivity contribution is -0.384. The molecule has 0 fully saturated rings. The molecule has 0 saturated carbocycles. The van der Waals surface area contributed by atoms with Gasteiger partial charge in [0.25, 0.3) is 11.6 Å². The third kappa shape index (κ3) is 3.98. The second-order valence-corrected chi connectivity index (χ2v) is 4.22. The molecule has 0 aromatic heterocycles. The molecule has 8 heteroatoms. The largest absolute Gasteiger partial charge is 0.484 e. The number of nitro benzene ring substituents is 1. The summed E-state index contributed by atoms with van der Waals surface area (Å²) in [6, 6.07) is 7.91. The maximum Gasteiger partial charge on any atom is 0.271 e. The van der Waals surface area contributed by atoms with Crippen LogP contribution in [0.2, 0.25) is 0 Å². The van der Waals surface area contributed by atoms with Crippen molar-refractivity contribution in [3.8, 4) is 5.75 Å². The van der Waals surface area contributed by atoms with Gasteiger partial charge in [-0.05, 0) is 18.2 Å². The maximum atomic E-state index is 13.5. The van der Waals surface area contributed by atoms with Crippen molar-refractivity contribution in [2.45, 2.75) is 0 Å². The molecule has 6 nitrogen and oxygen atoms in total. The molecule has 0 atom stereocenters. The van der Waals surface area contributed by atoms with Crippen LogP contribution in [0.1, 0.15) is 0 Å². The van der Waals surface area contributed by atoms with Gasteiger partial charge in [0.15, 0.2) is 6.61 Å². The Bertz CT molecular complexity index is 722. The van der Waals surface area contributed by atoms with Gasteiger partial charge in [0.05, 0.1) is 10.6 Å². The highest BCUT2D eigenvalue weighted by atomic mass is 19.1. The van der Waals surface area contributed by atoms with Crippen LogP contribution in [0.15, 0.2) is 42.5 Å². The van der Waals surface area contributed by atoms with E-state index in [0.29, 0.717) is 0 Å². The minimum atomic E-state index is -0.815. The van der Waals surface area contributed by atoms with Crippen LogP contribution in [0.5, 0.6) is 5.75 Å². The van der Waals surface area contributed by atoms with Gasteiger partial charge in [0, 0.05) is 18.2 Å². The van der Waals surface area contributed by atoms with Crippen LogP contribution >= 0.6 is 0 Å². The van der Waals surface area contributed by atoms with E-state index in [1.165, 1.54) is 18.2 Å². The van der Waals surface area contributed by atoms with E-state index in [0.717, 1.165) is 24.3 Å². The van der Waals surface area contributed by atoms with E-state index in [2.05, 4.69) is 5.32 Å². The predicted octanol–water partition coefficient (Wildman–Crippen LogP) is 2.89. The molecular formula is C14H10F2N2O4. The maximum absolute atomic E-state index is 13.5. The Morgan fingerprint density at radius 1 is 1.23 bits per heavy atom. The quantitative estimate of drug-likeness (QED) is 0.680. The molecule has 0 spiro atoms. The Hall–Kier alpha value is -3.03. The van der Waals surface area contributed by atoms with Crippen molar-refractivity contribution in [3.63, 3.8) is 0 Å². The molecule has 114 valence electrons. The van der Waals surface area contributed by atoms with Gasteiger partial charge in [-0.25, -0.2) is 8.78 Å². The Labute approximate surface area is 123 Å². The van der Waals surface area contributed by atoms with Crippen LogP contribution in [-0.4, -0.2) is 17.4 Å². The monoisotopic (exact) mass is 308 g/mol. The molecule has 0 aliphatic carbocycles. The van der Waals surface area contributed by atoms with Gasteiger partial charge in [-0.3, -0.25) is 14.9 Å². The second kappa shape index (κ2) is 6.61. The first-order chi connectivity index (χ1) is 10.5. The zero-order valence-electron chi connectivity index (χ0n) is 11.1. The summed E-state index contributed by atoms with van der Waals surface area (Å²) in [6.07, 6.45) is 0. The highest BCUT2D eigenvalue weighted by Crippen LogP contribution is 2.21. The molecule has 0 radical (unpaired) electrons. The molecule has 22 heavy (non-hydrogen) atoms. The number of halogens is 2. The Morgan fingerprint density at radius 3 is 2.68 bits per heavy atom. The van der Waals surface area contributed by atoms with Crippen molar-refractivity contribution in [2.75, 3.05) is 11.9 Å². The fraction of sp³-hybridized carbons (Fsp3) is 0.0714. The molecule has 2 rings (SSSR count). The number of hydrogen-bond donors (Lipinski definition) is 1. The van der Waals surface area contributed by atoms with Crippen molar-refractivity contribution in [1.82, 2.24) is 0 Å². The number of nitro groups is 1. The summed E-state index contributed by atoms with van der Waals surface area (Å²) in [7, 11) is 0. The number of benzene rings is 2. The Kier molecular flexibility index (Phi) is 4.62. The standard InChI is InChI=1S/C14H10F2N2O4/c15-9-2-1-3-11(6-9)22-8-14(19)17-13-7-10(18(20)21)4-5-12(13)16/h1-7H,8H2,(H,17,19). The van der Waals surface area contributed by atoms with E-state index in [1.54, 1.807) is 0 Å². The van der Waals surface area contributed by atoms with E-state index in [4.69, 9.17) is 4.74 Å². The predicted molar refractivity (Wildman–Crippen MR) is 73.6 cm³/mol. The molecule has 0 aliphatic rings. The number of nitrogens with one attached hydrogen (secondary N) is 1. The van der Waals surface area contributed by atoms with Crippen molar-refractivity contribution in [2.24, 2.45) is 0 Å². The molecule has 0 heterocycles. The van der Waals surface area contributed by atoms with Gasteiger partial charge in [-0.15, -0.1) is 0 Å². The van der Waals surface area contributed by atoms with E-state index < -0.39 is 29.1 Å². The van der Waals surface area contributed by atoms with Crippen molar-refractivity contribution < 1.29 is 23.2 Å². The van der Waals surface area contributed by atoms with Crippen molar-refractivity contribution in [1.29, 1.82) is 0 Å². The minimum Gasteiger partial charge on any atom is -0.484 e. The van der Waals surface area contributed by atoms with Crippen LogP contribution in [0, 0.1) is 21.7 Å². The van der Waals surface area contributed by atoms with Crippen LogP contribution in [0.4, 0.5) is 20.2 Å². The first-order valence-electron chi connectivity index (χ1n) is 6.08. The third-order valence-electron chi connectivity index (χ3n) is 2.60. The lowest BCUT2D eigenvalue weighted by atomic mass is 10.2. The summed E-state index contributed by atoms with van der Waals surface area (Å²) in [6.45, 7) is -0.494. The molecule has 0 unspecified atom stereocenters. The average Bonchev–Trinajstić information content (AvgIpc) is 2.47. The van der Waals surface area contributed by atoms with Crippen LogP contribution < -0.4 is 10.1 Å².